The van der Waals surface area contributed by atoms with Gasteiger partial charge >= 0.3 is 6.18 Å². The van der Waals surface area contributed by atoms with Crippen LogP contribution in [-0.4, -0.2) is 30.3 Å². The molecule has 0 radical (unpaired) electrons. The molecule has 0 aliphatic rings. The van der Waals surface area contributed by atoms with Gasteiger partial charge in [0.1, 0.15) is 5.82 Å². The minimum absolute atomic E-state index is 0.0342. The van der Waals surface area contributed by atoms with Crippen LogP contribution in [0.4, 0.5) is 23.2 Å². The third kappa shape index (κ3) is 4.91. The van der Waals surface area contributed by atoms with Gasteiger partial charge in [0.2, 0.25) is 0 Å². The molecule has 3 heterocycles. The highest BCUT2D eigenvalue weighted by Crippen LogP contribution is 2.32. The molecule has 5 rings (SSSR count). The zero-order valence-corrected chi connectivity index (χ0v) is 18.9. The van der Waals surface area contributed by atoms with E-state index in [0.717, 1.165) is 29.8 Å². The highest BCUT2D eigenvalue weighted by atomic mass is 35.5. The quantitative estimate of drug-likeness (QED) is 0.305. The molecule has 0 aliphatic carbocycles. The van der Waals surface area contributed by atoms with Crippen molar-refractivity contribution in [2.75, 3.05) is 5.32 Å². The molecule has 0 fully saturated rings. The van der Waals surface area contributed by atoms with Crippen LogP contribution in [0.5, 0.6) is 0 Å². The first-order valence-electron chi connectivity index (χ1n) is 10.5. The zero-order valence-electron chi connectivity index (χ0n) is 18.2. The Hall–Kier alpha value is -4.25. The number of nitrogens with zero attached hydrogens (tertiary/aromatic N) is 5. The Kier molecular flexibility index (Phi) is 5.92. The van der Waals surface area contributed by atoms with Gasteiger partial charge in [-0.3, -0.25) is 9.48 Å². The Labute approximate surface area is 206 Å². The Morgan fingerprint density at radius 2 is 1.83 bits per heavy atom. The van der Waals surface area contributed by atoms with Gasteiger partial charge in [0.15, 0.2) is 17.0 Å². The number of hydrogen-bond acceptors (Lipinski definition) is 4. The molecule has 36 heavy (non-hydrogen) atoms. The minimum Gasteiger partial charge on any atom is -0.321 e. The lowest BCUT2D eigenvalue weighted by molar-refractivity contribution is -0.142. The van der Waals surface area contributed by atoms with Crippen LogP contribution in [0, 0.1) is 5.82 Å². The molecule has 0 aliphatic heterocycles. The summed E-state index contributed by atoms with van der Waals surface area (Å²) in [7, 11) is 0. The number of anilines is 1. The van der Waals surface area contributed by atoms with Crippen LogP contribution in [0.2, 0.25) is 5.02 Å². The lowest BCUT2D eigenvalue weighted by Crippen LogP contribution is -2.16. The van der Waals surface area contributed by atoms with Crippen molar-refractivity contribution in [2.45, 2.75) is 12.7 Å². The van der Waals surface area contributed by atoms with Crippen molar-refractivity contribution in [3.63, 3.8) is 0 Å². The standard InChI is InChI=1S/C24H15ClF4N6O/c25-16-11-30-34(13-16)12-14-2-1-3-18(8-14)31-23(36)20-10-22-32-19(15-4-6-17(26)7-5-15)9-21(24(27,28)29)35(22)33-20/h1-11,13H,12H2,(H,31,36). The number of carbonyl (C=O) groups is 1. The van der Waals surface area contributed by atoms with Gasteiger partial charge in [-0.15, -0.1) is 0 Å². The summed E-state index contributed by atoms with van der Waals surface area (Å²) < 4.78 is 56.8. The highest BCUT2D eigenvalue weighted by Gasteiger charge is 2.35. The molecule has 3 aromatic heterocycles. The number of aromatic nitrogens is 5. The fourth-order valence-corrected chi connectivity index (χ4v) is 3.77. The Balaban J connectivity index is 1.45. The molecule has 0 saturated heterocycles. The van der Waals surface area contributed by atoms with Crippen molar-refractivity contribution in [3.8, 4) is 11.3 Å². The first-order chi connectivity index (χ1) is 17.2. The largest absolute Gasteiger partial charge is 0.433 e. The van der Waals surface area contributed by atoms with E-state index in [-0.39, 0.29) is 22.6 Å². The first kappa shape index (κ1) is 23.5. The molecule has 182 valence electrons. The molecule has 0 spiro atoms. The van der Waals surface area contributed by atoms with Crippen molar-refractivity contribution >= 4 is 28.8 Å². The average molecular weight is 515 g/mol. The average Bonchev–Trinajstić information content (AvgIpc) is 3.44. The molecule has 0 unspecified atom stereocenters. The van der Waals surface area contributed by atoms with Gasteiger partial charge in [0.25, 0.3) is 5.91 Å². The number of alkyl halides is 3. The number of benzene rings is 2. The third-order valence-electron chi connectivity index (χ3n) is 5.22. The smallest absolute Gasteiger partial charge is 0.321 e. The van der Waals surface area contributed by atoms with Crippen molar-refractivity contribution < 1.29 is 22.4 Å². The first-order valence-corrected chi connectivity index (χ1v) is 10.9. The lowest BCUT2D eigenvalue weighted by atomic mass is 10.1. The van der Waals surface area contributed by atoms with E-state index < -0.39 is 23.6 Å². The van der Waals surface area contributed by atoms with Gasteiger partial charge in [0.05, 0.1) is 23.5 Å². The number of halogens is 5. The second kappa shape index (κ2) is 9.08. The number of fused-ring (bicyclic) bond motifs is 1. The number of hydrogen-bond donors (Lipinski definition) is 1. The van der Waals surface area contributed by atoms with Crippen molar-refractivity contribution in [1.82, 2.24) is 24.4 Å². The van der Waals surface area contributed by atoms with Gasteiger partial charge in [0, 0.05) is 23.5 Å². The molecule has 2 aromatic carbocycles. The molecule has 0 atom stereocenters. The molecule has 0 saturated carbocycles. The van der Waals surface area contributed by atoms with Crippen LogP contribution in [0.25, 0.3) is 16.9 Å². The van der Waals surface area contributed by atoms with Crippen LogP contribution >= 0.6 is 11.6 Å². The van der Waals surface area contributed by atoms with E-state index in [1.54, 1.807) is 29.1 Å². The summed E-state index contributed by atoms with van der Waals surface area (Å²) in [5.74, 6) is -1.24. The summed E-state index contributed by atoms with van der Waals surface area (Å²) in [4.78, 5) is 17.0. The Morgan fingerprint density at radius 1 is 1.06 bits per heavy atom. The second-order valence-electron chi connectivity index (χ2n) is 7.84. The number of carbonyl (C=O) groups excluding carboxylic acids is 1. The maximum atomic E-state index is 13.8. The summed E-state index contributed by atoms with van der Waals surface area (Å²) in [6, 6.07) is 13.7. The van der Waals surface area contributed by atoms with E-state index in [4.69, 9.17) is 11.6 Å². The van der Waals surface area contributed by atoms with Gasteiger partial charge in [-0.2, -0.15) is 23.4 Å². The van der Waals surface area contributed by atoms with E-state index in [9.17, 15) is 22.4 Å². The van der Waals surface area contributed by atoms with E-state index in [1.165, 1.54) is 18.3 Å². The Morgan fingerprint density at radius 3 is 2.53 bits per heavy atom. The molecule has 7 nitrogen and oxygen atoms in total. The fourth-order valence-electron chi connectivity index (χ4n) is 3.61. The SMILES string of the molecule is O=C(Nc1cccc(Cn2cc(Cl)cn2)c1)c1cc2nc(-c3ccc(F)cc3)cc(C(F)(F)F)n2n1. The predicted molar refractivity (Wildman–Crippen MR) is 124 cm³/mol. The maximum Gasteiger partial charge on any atom is 0.433 e. The fraction of sp³-hybridized carbons (Fsp3) is 0.0833. The van der Waals surface area contributed by atoms with Crippen LogP contribution in [-0.2, 0) is 12.7 Å². The summed E-state index contributed by atoms with van der Waals surface area (Å²) in [5, 5.41) is 11.1. The second-order valence-corrected chi connectivity index (χ2v) is 8.28. The highest BCUT2D eigenvalue weighted by molar-refractivity contribution is 6.30. The van der Waals surface area contributed by atoms with Crippen LogP contribution < -0.4 is 5.32 Å². The summed E-state index contributed by atoms with van der Waals surface area (Å²) in [5.41, 5.74) is -0.0748. The molecular formula is C24H15ClF4N6O. The van der Waals surface area contributed by atoms with E-state index in [2.05, 4.69) is 20.5 Å². The van der Waals surface area contributed by atoms with E-state index >= 15 is 0 Å². The van der Waals surface area contributed by atoms with Crippen LogP contribution in [0.15, 0.2) is 73.1 Å². The van der Waals surface area contributed by atoms with Crippen molar-refractivity contribution in [2.24, 2.45) is 0 Å². The number of amides is 1. The molecule has 1 amide bonds. The van der Waals surface area contributed by atoms with E-state index in [1.807, 2.05) is 6.07 Å². The van der Waals surface area contributed by atoms with Crippen LogP contribution in [0.3, 0.4) is 0 Å². The molecule has 12 heteroatoms. The molecule has 5 aromatic rings. The third-order valence-corrected chi connectivity index (χ3v) is 5.42. The zero-order chi connectivity index (χ0) is 25.4. The molecular weight excluding hydrogens is 500 g/mol. The number of rotatable bonds is 5. The molecule has 0 bridgehead atoms. The Bertz CT molecular complexity index is 1580. The van der Waals surface area contributed by atoms with Gasteiger partial charge in [-0.1, -0.05) is 23.7 Å². The van der Waals surface area contributed by atoms with Crippen LogP contribution in [0.1, 0.15) is 21.7 Å². The summed E-state index contributed by atoms with van der Waals surface area (Å²) in [6.07, 6.45) is -1.63. The lowest BCUT2D eigenvalue weighted by Gasteiger charge is -2.11. The maximum absolute atomic E-state index is 13.8. The molecule has 1 N–H and O–H groups in total. The monoisotopic (exact) mass is 514 g/mol. The van der Waals surface area contributed by atoms with E-state index in [0.29, 0.717) is 21.8 Å². The van der Waals surface area contributed by atoms with Gasteiger partial charge in [-0.25, -0.2) is 13.9 Å². The minimum atomic E-state index is -4.78. The van der Waals surface area contributed by atoms with Crippen molar-refractivity contribution in [3.05, 3.63) is 101 Å². The summed E-state index contributed by atoms with van der Waals surface area (Å²) >= 11 is 5.88. The topological polar surface area (TPSA) is 77.1 Å². The van der Waals surface area contributed by atoms with Crippen molar-refractivity contribution in [1.29, 1.82) is 0 Å². The van der Waals surface area contributed by atoms with Gasteiger partial charge in [-0.05, 0) is 48.0 Å². The van der Waals surface area contributed by atoms with Gasteiger partial charge < -0.3 is 5.32 Å². The number of nitrogens with one attached hydrogen (secondary N) is 1. The summed E-state index contributed by atoms with van der Waals surface area (Å²) in [6.45, 7) is 0.399. The normalized spacial score (nSPS) is 11.7. The predicted octanol–water partition coefficient (Wildman–Crippen LogP) is 5.70.